The Morgan fingerprint density at radius 2 is 2.00 bits per heavy atom. The summed E-state index contributed by atoms with van der Waals surface area (Å²) in [4.78, 5) is 11.4. The minimum atomic E-state index is -0.503. The second-order valence-corrected chi connectivity index (χ2v) is 4.81. The maximum absolute atomic E-state index is 11.4. The molecule has 17 heavy (non-hydrogen) atoms. The molecule has 5 N–H and O–H groups in total. The second-order valence-electron chi connectivity index (χ2n) is 4.81. The van der Waals surface area contributed by atoms with Crippen molar-refractivity contribution in [2.75, 3.05) is 11.5 Å². The summed E-state index contributed by atoms with van der Waals surface area (Å²) in [5.74, 6) is 0. The highest BCUT2D eigenvalue weighted by atomic mass is 16.6. The fourth-order valence-electron chi connectivity index (χ4n) is 1.26. The molecule has 1 amide bonds. The molecule has 1 rings (SSSR count). The lowest BCUT2D eigenvalue weighted by atomic mass is 10.1. The standard InChI is InChI=1S/C12H19N3O2/c1-12(2,3)17-11(16)15-7-8-4-5-9(13)6-10(8)14/h4-6H,7,13-14H2,1-3H3,(H,15,16). The largest absolute Gasteiger partial charge is 0.444 e. The van der Waals surface area contributed by atoms with Gasteiger partial charge in [-0.05, 0) is 38.5 Å². The van der Waals surface area contributed by atoms with Crippen LogP contribution in [0.4, 0.5) is 16.2 Å². The first-order valence-corrected chi connectivity index (χ1v) is 5.38. The highest BCUT2D eigenvalue weighted by molar-refractivity contribution is 5.68. The van der Waals surface area contributed by atoms with Crippen LogP contribution in [0.25, 0.3) is 0 Å². The van der Waals surface area contributed by atoms with Gasteiger partial charge >= 0.3 is 6.09 Å². The molecule has 94 valence electrons. The third kappa shape index (κ3) is 4.63. The Balaban J connectivity index is 2.53. The van der Waals surface area contributed by atoms with Crippen LogP contribution in [0.15, 0.2) is 18.2 Å². The summed E-state index contributed by atoms with van der Waals surface area (Å²) < 4.78 is 5.11. The average Bonchev–Trinajstić information content (AvgIpc) is 2.13. The number of nitrogens with one attached hydrogen (secondary N) is 1. The first-order chi connectivity index (χ1) is 7.78. The van der Waals surface area contributed by atoms with Crippen LogP contribution in [0.2, 0.25) is 0 Å². The van der Waals surface area contributed by atoms with E-state index in [1.54, 1.807) is 18.2 Å². The van der Waals surface area contributed by atoms with Crippen LogP contribution in [-0.4, -0.2) is 11.7 Å². The van der Waals surface area contributed by atoms with Crippen molar-refractivity contribution >= 4 is 17.5 Å². The zero-order valence-corrected chi connectivity index (χ0v) is 10.4. The molecule has 0 aromatic heterocycles. The van der Waals surface area contributed by atoms with Gasteiger partial charge in [0.25, 0.3) is 0 Å². The number of carbonyl (C=O) groups excluding carboxylic acids is 1. The highest BCUT2D eigenvalue weighted by Crippen LogP contribution is 2.15. The van der Waals surface area contributed by atoms with E-state index in [1.165, 1.54) is 0 Å². The van der Waals surface area contributed by atoms with E-state index in [2.05, 4.69) is 5.32 Å². The quantitative estimate of drug-likeness (QED) is 0.685. The number of ether oxygens (including phenoxy) is 1. The molecule has 0 aliphatic heterocycles. The fraction of sp³-hybridized carbons (Fsp3) is 0.417. The van der Waals surface area contributed by atoms with E-state index in [0.29, 0.717) is 17.9 Å². The zero-order valence-electron chi connectivity index (χ0n) is 10.4. The number of hydrogen-bond acceptors (Lipinski definition) is 4. The van der Waals surface area contributed by atoms with Crippen molar-refractivity contribution < 1.29 is 9.53 Å². The van der Waals surface area contributed by atoms with Crippen molar-refractivity contribution in [2.45, 2.75) is 32.9 Å². The normalized spacial score (nSPS) is 11.0. The molecule has 0 aliphatic carbocycles. The van der Waals surface area contributed by atoms with Crippen LogP contribution < -0.4 is 16.8 Å². The number of alkyl carbamates (subject to hydrolysis) is 1. The van der Waals surface area contributed by atoms with Crippen molar-refractivity contribution in [1.29, 1.82) is 0 Å². The SMILES string of the molecule is CC(C)(C)OC(=O)NCc1ccc(N)cc1N. The molecule has 1 aromatic carbocycles. The number of amides is 1. The van der Waals surface area contributed by atoms with Gasteiger partial charge in [0.05, 0.1) is 0 Å². The Kier molecular flexibility index (Phi) is 3.83. The Bertz CT molecular complexity index is 411. The van der Waals surface area contributed by atoms with Gasteiger partial charge in [-0.3, -0.25) is 0 Å². The summed E-state index contributed by atoms with van der Waals surface area (Å²) in [5, 5.41) is 2.63. The summed E-state index contributed by atoms with van der Waals surface area (Å²) >= 11 is 0. The predicted molar refractivity (Wildman–Crippen MR) is 68.3 cm³/mol. The minimum Gasteiger partial charge on any atom is -0.444 e. The lowest BCUT2D eigenvalue weighted by Gasteiger charge is -2.19. The van der Waals surface area contributed by atoms with Crippen molar-refractivity contribution in [2.24, 2.45) is 0 Å². The molecule has 5 nitrogen and oxygen atoms in total. The lowest BCUT2D eigenvalue weighted by molar-refractivity contribution is 0.0524. The Hall–Kier alpha value is -1.91. The third-order valence-corrected chi connectivity index (χ3v) is 1.99. The summed E-state index contributed by atoms with van der Waals surface area (Å²) in [6, 6.07) is 5.18. The summed E-state index contributed by atoms with van der Waals surface area (Å²) in [6.07, 6.45) is -0.464. The zero-order chi connectivity index (χ0) is 13.1. The van der Waals surface area contributed by atoms with Gasteiger partial charge in [-0.25, -0.2) is 4.79 Å². The molecule has 0 aliphatic rings. The summed E-state index contributed by atoms with van der Waals surface area (Å²) in [5.41, 5.74) is 12.8. The maximum Gasteiger partial charge on any atom is 0.407 e. The molecule has 0 unspecified atom stereocenters. The Morgan fingerprint density at radius 1 is 1.35 bits per heavy atom. The van der Waals surface area contributed by atoms with E-state index in [9.17, 15) is 4.79 Å². The molecule has 0 radical (unpaired) electrons. The molecule has 0 spiro atoms. The number of nitrogen functional groups attached to an aromatic ring is 2. The van der Waals surface area contributed by atoms with Crippen LogP contribution in [0, 0.1) is 0 Å². The van der Waals surface area contributed by atoms with Crippen molar-refractivity contribution in [3.63, 3.8) is 0 Å². The Morgan fingerprint density at radius 3 is 2.53 bits per heavy atom. The van der Waals surface area contributed by atoms with E-state index in [4.69, 9.17) is 16.2 Å². The van der Waals surface area contributed by atoms with Gasteiger partial charge in [0, 0.05) is 17.9 Å². The molecular weight excluding hydrogens is 218 g/mol. The molecule has 0 saturated heterocycles. The number of anilines is 2. The maximum atomic E-state index is 11.4. The molecule has 0 atom stereocenters. The average molecular weight is 237 g/mol. The minimum absolute atomic E-state index is 0.320. The van der Waals surface area contributed by atoms with E-state index in [-0.39, 0.29) is 0 Å². The van der Waals surface area contributed by atoms with E-state index in [0.717, 1.165) is 5.56 Å². The van der Waals surface area contributed by atoms with Crippen LogP contribution in [0.5, 0.6) is 0 Å². The number of nitrogens with two attached hydrogens (primary N) is 2. The third-order valence-electron chi connectivity index (χ3n) is 1.99. The van der Waals surface area contributed by atoms with Gasteiger partial charge in [0.1, 0.15) is 5.60 Å². The van der Waals surface area contributed by atoms with Gasteiger partial charge in [-0.15, -0.1) is 0 Å². The summed E-state index contributed by atoms with van der Waals surface area (Å²) in [6.45, 7) is 5.75. The fourth-order valence-corrected chi connectivity index (χ4v) is 1.26. The molecule has 1 aromatic rings. The predicted octanol–water partition coefficient (Wildman–Crippen LogP) is 1.88. The second kappa shape index (κ2) is 4.95. The van der Waals surface area contributed by atoms with Crippen LogP contribution in [0.3, 0.4) is 0 Å². The van der Waals surface area contributed by atoms with Gasteiger partial charge < -0.3 is 21.5 Å². The van der Waals surface area contributed by atoms with Crippen LogP contribution in [-0.2, 0) is 11.3 Å². The number of carbonyl (C=O) groups is 1. The Labute approximate surface area is 101 Å². The first-order valence-electron chi connectivity index (χ1n) is 5.38. The lowest BCUT2D eigenvalue weighted by Crippen LogP contribution is -2.32. The van der Waals surface area contributed by atoms with Gasteiger partial charge in [0.2, 0.25) is 0 Å². The molecule has 5 heteroatoms. The number of hydrogen-bond donors (Lipinski definition) is 3. The van der Waals surface area contributed by atoms with Crippen LogP contribution >= 0.6 is 0 Å². The monoisotopic (exact) mass is 237 g/mol. The number of benzene rings is 1. The van der Waals surface area contributed by atoms with Crippen LogP contribution in [0.1, 0.15) is 26.3 Å². The molecule has 0 bridgehead atoms. The van der Waals surface area contributed by atoms with E-state index >= 15 is 0 Å². The van der Waals surface area contributed by atoms with Crippen molar-refractivity contribution in [3.8, 4) is 0 Å². The first kappa shape index (κ1) is 13.2. The van der Waals surface area contributed by atoms with Gasteiger partial charge in [0.15, 0.2) is 0 Å². The van der Waals surface area contributed by atoms with Gasteiger partial charge in [-0.2, -0.15) is 0 Å². The summed E-state index contributed by atoms with van der Waals surface area (Å²) in [7, 11) is 0. The highest BCUT2D eigenvalue weighted by Gasteiger charge is 2.15. The topological polar surface area (TPSA) is 90.4 Å². The molecule has 0 fully saturated rings. The smallest absolute Gasteiger partial charge is 0.407 e. The van der Waals surface area contributed by atoms with Crippen molar-refractivity contribution in [3.05, 3.63) is 23.8 Å². The number of rotatable bonds is 2. The molecule has 0 saturated carbocycles. The molecule has 0 heterocycles. The molecular formula is C12H19N3O2. The van der Waals surface area contributed by atoms with Crippen molar-refractivity contribution in [1.82, 2.24) is 5.32 Å². The van der Waals surface area contributed by atoms with E-state index < -0.39 is 11.7 Å². The van der Waals surface area contributed by atoms with E-state index in [1.807, 2.05) is 20.8 Å². The van der Waals surface area contributed by atoms with Gasteiger partial charge in [-0.1, -0.05) is 6.07 Å².